The lowest BCUT2D eigenvalue weighted by atomic mass is 10.1. The van der Waals surface area contributed by atoms with Crippen LogP contribution in [0.3, 0.4) is 0 Å². The van der Waals surface area contributed by atoms with Gasteiger partial charge >= 0.3 is 0 Å². The van der Waals surface area contributed by atoms with E-state index in [1.54, 1.807) is 41.5 Å². The van der Waals surface area contributed by atoms with E-state index < -0.39 is 5.91 Å². The van der Waals surface area contributed by atoms with E-state index >= 15 is 0 Å². The van der Waals surface area contributed by atoms with E-state index in [9.17, 15) is 9.59 Å². The van der Waals surface area contributed by atoms with Crippen molar-refractivity contribution in [3.8, 4) is 0 Å². The number of benzene rings is 1. The van der Waals surface area contributed by atoms with Gasteiger partial charge in [0.25, 0.3) is 0 Å². The minimum absolute atomic E-state index is 0.00196. The second kappa shape index (κ2) is 6.70. The van der Waals surface area contributed by atoms with Gasteiger partial charge in [0.15, 0.2) is 0 Å². The zero-order chi connectivity index (χ0) is 16.3. The summed E-state index contributed by atoms with van der Waals surface area (Å²) in [6, 6.07) is 7.01. The van der Waals surface area contributed by atoms with Crippen molar-refractivity contribution in [2.75, 3.05) is 7.05 Å². The van der Waals surface area contributed by atoms with Gasteiger partial charge in [-0.3, -0.25) is 9.59 Å². The lowest BCUT2D eigenvalue weighted by Crippen LogP contribution is -2.28. The Morgan fingerprint density at radius 2 is 2.05 bits per heavy atom. The Bertz CT molecular complexity index is 709. The van der Waals surface area contributed by atoms with E-state index in [4.69, 9.17) is 5.73 Å². The summed E-state index contributed by atoms with van der Waals surface area (Å²) < 4.78 is 0. The number of carbonyl (C=O) groups is 2. The lowest BCUT2D eigenvalue weighted by molar-refractivity contribution is -0.129. The topological polar surface area (TPSA) is 76.3 Å². The molecule has 2 rings (SSSR count). The van der Waals surface area contributed by atoms with Crippen molar-refractivity contribution in [1.29, 1.82) is 0 Å². The fourth-order valence-electron chi connectivity index (χ4n) is 2.20. The largest absolute Gasteiger partial charge is 0.366 e. The molecule has 0 aliphatic rings. The third kappa shape index (κ3) is 3.92. The van der Waals surface area contributed by atoms with E-state index in [1.807, 2.05) is 19.9 Å². The molecule has 6 heteroatoms. The zero-order valence-electron chi connectivity index (χ0n) is 12.9. The number of hydrogen-bond acceptors (Lipinski definition) is 4. The number of nitrogens with zero attached hydrogens (tertiary/aromatic N) is 2. The molecule has 22 heavy (non-hydrogen) atoms. The predicted octanol–water partition coefficient (Wildman–Crippen LogP) is 2.06. The number of likely N-dealkylation sites (N-methyl/N-ethyl adjacent to an activating group) is 1. The van der Waals surface area contributed by atoms with Gasteiger partial charge in [-0.15, -0.1) is 11.3 Å². The first kappa shape index (κ1) is 16.2. The fraction of sp³-hybridized carbons (Fsp3) is 0.312. The summed E-state index contributed by atoms with van der Waals surface area (Å²) in [5.74, 6) is -0.470. The van der Waals surface area contributed by atoms with Crippen LogP contribution in [0.2, 0.25) is 0 Å². The van der Waals surface area contributed by atoms with Crippen molar-refractivity contribution >= 4 is 23.2 Å². The maximum atomic E-state index is 12.3. The summed E-state index contributed by atoms with van der Waals surface area (Å²) >= 11 is 1.60. The van der Waals surface area contributed by atoms with Crippen LogP contribution in [0.5, 0.6) is 0 Å². The molecule has 0 spiro atoms. The molecule has 1 heterocycles. The highest BCUT2D eigenvalue weighted by Crippen LogP contribution is 2.17. The number of nitrogens with two attached hydrogens (primary N) is 1. The second-order valence-electron chi connectivity index (χ2n) is 5.23. The first-order chi connectivity index (χ1) is 10.4. The molecule has 5 nitrogen and oxygen atoms in total. The van der Waals surface area contributed by atoms with Gasteiger partial charge in [0.2, 0.25) is 11.8 Å². The van der Waals surface area contributed by atoms with E-state index in [2.05, 4.69) is 4.98 Å². The number of hydrogen-bond donors (Lipinski definition) is 1. The molecule has 116 valence electrons. The number of thiazole rings is 1. The van der Waals surface area contributed by atoms with E-state index in [0.29, 0.717) is 18.5 Å². The van der Waals surface area contributed by atoms with Crippen LogP contribution >= 0.6 is 11.3 Å². The molecule has 2 N–H and O–H groups in total. The second-order valence-corrected chi connectivity index (χ2v) is 6.63. The summed E-state index contributed by atoms with van der Waals surface area (Å²) in [4.78, 5) is 30.6. The van der Waals surface area contributed by atoms with E-state index in [-0.39, 0.29) is 5.91 Å². The summed E-state index contributed by atoms with van der Waals surface area (Å²) in [6.45, 7) is 4.34. The van der Waals surface area contributed by atoms with Gasteiger partial charge in [0.05, 0.1) is 17.1 Å². The van der Waals surface area contributed by atoms with Gasteiger partial charge in [-0.05, 0) is 31.5 Å². The molecule has 2 aromatic rings. The van der Waals surface area contributed by atoms with Gasteiger partial charge in [-0.25, -0.2) is 4.98 Å². The van der Waals surface area contributed by atoms with Crippen LogP contribution in [-0.4, -0.2) is 28.7 Å². The van der Waals surface area contributed by atoms with Crippen molar-refractivity contribution in [3.05, 3.63) is 51.0 Å². The Hall–Kier alpha value is -2.21. The van der Waals surface area contributed by atoms with Crippen LogP contribution in [0.25, 0.3) is 0 Å². The Morgan fingerprint density at radius 3 is 2.64 bits per heavy atom. The number of aryl methyl sites for hydroxylation is 2. The minimum atomic E-state index is -0.468. The molecule has 1 aromatic carbocycles. The summed E-state index contributed by atoms with van der Waals surface area (Å²) in [5.41, 5.74) is 7.43. The third-order valence-electron chi connectivity index (χ3n) is 3.38. The van der Waals surface area contributed by atoms with Gasteiger partial charge in [-0.1, -0.05) is 12.1 Å². The molecule has 0 unspecified atom stereocenters. The summed E-state index contributed by atoms with van der Waals surface area (Å²) in [6.07, 6.45) is 0.294. The molecule has 0 atom stereocenters. The quantitative estimate of drug-likeness (QED) is 0.917. The average molecular weight is 317 g/mol. The number of aromatic nitrogens is 1. The maximum Gasteiger partial charge on any atom is 0.248 e. The molecular weight excluding hydrogens is 298 g/mol. The maximum absolute atomic E-state index is 12.3. The van der Waals surface area contributed by atoms with Crippen LogP contribution < -0.4 is 5.73 Å². The molecule has 2 amide bonds. The predicted molar refractivity (Wildman–Crippen MR) is 86.7 cm³/mol. The molecule has 0 radical (unpaired) electrons. The van der Waals surface area contributed by atoms with Gasteiger partial charge in [0, 0.05) is 24.0 Å². The SMILES string of the molecule is Cc1nc(CC(=O)N(C)Cc2cccc(C(N)=O)c2)c(C)s1. The Morgan fingerprint density at radius 1 is 1.32 bits per heavy atom. The van der Waals surface area contributed by atoms with Crippen molar-refractivity contribution < 1.29 is 9.59 Å². The van der Waals surface area contributed by atoms with Gasteiger partial charge in [0.1, 0.15) is 0 Å². The highest BCUT2D eigenvalue weighted by molar-refractivity contribution is 7.11. The van der Waals surface area contributed by atoms with Crippen molar-refractivity contribution in [3.63, 3.8) is 0 Å². The molecule has 0 aliphatic carbocycles. The fourth-order valence-corrected chi connectivity index (χ4v) is 3.03. The molecule has 0 saturated carbocycles. The number of carbonyl (C=O) groups excluding carboxylic acids is 2. The van der Waals surface area contributed by atoms with Crippen molar-refractivity contribution in [1.82, 2.24) is 9.88 Å². The van der Waals surface area contributed by atoms with Crippen LogP contribution in [0, 0.1) is 13.8 Å². The minimum Gasteiger partial charge on any atom is -0.366 e. The molecule has 1 aromatic heterocycles. The number of amides is 2. The van der Waals surface area contributed by atoms with Gasteiger partial charge < -0.3 is 10.6 Å². The van der Waals surface area contributed by atoms with Crippen molar-refractivity contribution in [2.45, 2.75) is 26.8 Å². The first-order valence-corrected chi connectivity index (χ1v) is 7.74. The zero-order valence-corrected chi connectivity index (χ0v) is 13.7. The number of primary amides is 1. The molecule has 0 fully saturated rings. The molecular formula is C16H19N3O2S. The lowest BCUT2D eigenvalue weighted by Gasteiger charge is -2.17. The summed E-state index contributed by atoms with van der Waals surface area (Å²) in [5, 5.41) is 0.970. The van der Waals surface area contributed by atoms with Crippen LogP contribution in [0.15, 0.2) is 24.3 Å². The highest BCUT2D eigenvalue weighted by Gasteiger charge is 2.14. The molecule has 0 aliphatic heterocycles. The molecule has 0 bridgehead atoms. The Balaban J connectivity index is 2.03. The van der Waals surface area contributed by atoms with E-state index in [1.165, 1.54) is 0 Å². The Labute approximate surface area is 133 Å². The standard InChI is InChI=1S/C16H19N3O2S/c1-10-14(18-11(2)22-10)8-15(20)19(3)9-12-5-4-6-13(7-12)16(17)21/h4-7H,8-9H2,1-3H3,(H2,17,21). The van der Waals surface area contributed by atoms with Crippen LogP contribution in [-0.2, 0) is 17.8 Å². The third-order valence-corrected chi connectivity index (χ3v) is 4.30. The normalized spacial score (nSPS) is 10.5. The average Bonchev–Trinajstić information content (AvgIpc) is 2.77. The van der Waals surface area contributed by atoms with Crippen LogP contribution in [0.4, 0.5) is 0 Å². The monoisotopic (exact) mass is 317 g/mol. The highest BCUT2D eigenvalue weighted by atomic mass is 32.1. The summed E-state index contributed by atoms with van der Waals surface area (Å²) in [7, 11) is 1.74. The number of rotatable bonds is 5. The van der Waals surface area contributed by atoms with Crippen LogP contribution in [0.1, 0.15) is 31.5 Å². The Kier molecular flexibility index (Phi) is 4.92. The smallest absolute Gasteiger partial charge is 0.248 e. The van der Waals surface area contributed by atoms with E-state index in [0.717, 1.165) is 21.1 Å². The van der Waals surface area contributed by atoms with Crippen molar-refractivity contribution in [2.24, 2.45) is 5.73 Å². The first-order valence-electron chi connectivity index (χ1n) is 6.92. The van der Waals surface area contributed by atoms with Gasteiger partial charge in [-0.2, -0.15) is 0 Å². The molecule has 0 saturated heterocycles.